The molecule has 0 atom stereocenters. The molecule has 0 saturated heterocycles. The maximum absolute atomic E-state index is 5.21. The second-order valence-corrected chi connectivity index (χ2v) is 4.89. The van der Waals surface area contributed by atoms with Crippen LogP contribution in [0.4, 0.5) is 5.82 Å². The summed E-state index contributed by atoms with van der Waals surface area (Å²) in [4.78, 5) is 12.8. The number of rotatable bonds is 7. The van der Waals surface area contributed by atoms with Crippen LogP contribution in [0, 0.1) is 0 Å². The highest BCUT2D eigenvalue weighted by atomic mass is 16.5. The Labute approximate surface area is 119 Å². The molecule has 2 rings (SSSR count). The lowest BCUT2D eigenvalue weighted by Gasteiger charge is -2.11. The number of aryl methyl sites for hydroxylation is 1. The first-order valence-electron chi connectivity index (χ1n) is 6.81. The minimum Gasteiger partial charge on any atom is -0.481 e. The van der Waals surface area contributed by atoms with E-state index in [-0.39, 0.29) is 5.92 Å². The van der Waals surface area contributed by atoms with Gasteiger partial charge in [0.05, 0.1) is 13.4 Å². The van der Waals surface area contributed by atoms with E-state index in [1.807, 2.05) is 18.6 Å². The Hall–Kier alpha value is -2.11. The summed E-state index contributed by atoms with van der Waals surface area (Å²) in [6.45, 7) is 5.91. The molecule has 0 bridgehead atoms. The van der Waals surface area contributed by atoms with Gasteiger partial charge in [-0.1, -0.05) is 13.8 Å². The van der Waals surface area contributed by atoms with E-state index in [1.54, 1.807) is 13.3 Å². The van der Waals surface area contributed by atoms with Crippen LogP contribution in [0.2, 0.25) is 0 Å². The zero-order valence-electron chi connectivity index (χ0n) is 12.2. The van der Waals surface area contributed by atoms with Gasteiger partial charge in [-0.25, -0.2) is 9.97 Å². The predicted molar refractivity (Wildman–Crippen MR) is 78.0 cm³/mol. The average Bonchev–Trinajstić information content (AvgIpc) is 2.96. The summed E-state index contributed by atoms with van der Waals surface area (Å²) in [5.41, 5.74) is 0. The quantitative estimate of drug-likeness (QED) is 0.785. The lowest BCUT2D eigenvalue weighted by Crippen LogP contribution is -2.09. The molecule has 0 aliphatic rings. The molecule has 2 aromatic heterocycles. The Morgan fingerprint density at radius 3 is 2.85 bits per heavy atom. The van der Waals surface area contributed by atoms with Crippen molar-refractivity contribution in [2.24, 2.45) is 0 Å². The predicted octanol–water partition coefficient (Wildman–Crippen LogP) is 2.31. The van der Waals surface area contributed by atoms with Crippen LogP contribution in [0.1, 0.15) is 32.0 Å². The molecule has 0 aromatic carbocycles. The van der Waals surface area contributed by atoms with Gasteiger partial charge in [0, 0.05) is 37.5 Å². The highest BCUT2D eigenvalue weighted by Crippen LogP contribution is 2.18. The summed E-state index contributed by atoms with van der Waals surface area (Å²) in [5, 5.41) is 3.31. The smallest absolute Gasteiger partial charge is 0.218 e. The highest BCUT2D eigenvalue weighted by Gasteiger charge is 2.08. The fourth-order valence-corrected chi connectivity index (χ4v) is 1.79. The molecule has 0 spiro atoms. The highest BCUT2D eigenvalue weighted by molar-refractivity contribution is 5.38. The number of aromatic nitrogens is 4. The number of methoxy groups -OCH3 is 1. The molecule has 2 aromatic rings. The van der Waals surface area contributed by atoms with Gasteiger partial charge in [0.15, 0.2) is 0 Å². The Morgan fingerprint density at radius 2 is 2.20 bits per heavy atom. The van der Waals surface area contributed by atoms with Crippen molar-refractivity contribution in [2.45, 2.75) is 32.7 Å². The number of hydrogen-bond donors (Lipinski definition) is 1. The third-order valence-corrected chi connectivity index (χ3v) is 2.90. The fraction of sp³-hybridized carbons (Fsp3) is 0.500. The number of nitrogens with zero attached hydrogens (tertiary/aromatic N) is 4. The molecule has 0 aliphatic heterocycles. The van der Waals surface area contributed by atoms with E-state index in [1.165, 1.54) is 0 Å². The van der Waals surface area contributed by atoms with Gasteiger partial charge < -0.3 is 14.6 Å². The molecule has 0 aliphatic carbocycles. The van der Waals surface area contributed by atoms with Gasteiger partial charge in [-0.3, -0.25) is 0 Å². The van der Waals surface area contributed by atoms with Crippen LogP contribution in [-0.2, 0) is 6.54 Å². The first kappa shape index (κ1) is 14.3. The molecule has 6 heteroatoms. The molecule has 20 heavy (non-hydrogen) atoms. The summed E-state index contributed by atoms with van der Waals surface area (Å²) in [6, 6.07) is 1.82. The van der Waals surface area contributed by atoms with Crippen molar-refractivity contribution < 1.29 is 4.74 Å². The van der Waals surface area contributed by atoms with Crippen molar-refractivity contribution in [1.29, 1.82) is 0 Å². The SMILES string of the molecule is COc1cc(NCCCn2ccnc2)nc(C(C)C)n1. The number of anilines is 1. The van der Waals surface area contributed by atoms with Gasteiger partial charge in [0.1, 0.15) is 11.6 Å². The van der Waals surface area contributed by atoms with Crippen molar-refractivity contribution >= 4 is 5.82 Å². The maximum Gasteiger partial charge on any atom is 0.218 e. The van der Waals surface area contributed by atoms with E-state index < -0.39 is 0 Å². The van der Waals surface area contributed by atoms with Crippen LogP contribution in [0.15, 0.2) is 24.8 Å². The van der Waals surface area contributed by atoms with E-state index in [4.69, 9.17) is 4.74 Å². The lowest BCUT2D eigenvalue weighted by atomic mass is 10.2. The number of imidazole rings is 1. The van der Waals surface area contributed by atoms with Crippen LogP contribution in [-0.4, -0.2) is 33.2 Å². The number of hydrogen-bond acceptors (Lipinski definition) is 5. The molecule has 2 heterocycles. The number of ether oxygens (including phenoxy) is 1. The van der Waals surface area contributed by atoms with Crippen molar-refractivity contribution in [1.82, 2.24) is 19.5 Å². The Kier molecular flexibility index (Phi) is 4.92. The summed E-state index contributed by atoms with van der Waals surface area (Å²) in [7, 11) is 1.62. The molecule has 0 radical (unpaired) electrons. The normalized spacial score (nSPS) is 10.8. The van der Waals surface area contributed by atoms with E-state index in [2.05, 4.69) is 38.7 Å². The van der Waals surface area contributed by atoms with Gasteiger partial charge in [-0.2, -0.15) is 4.98 Å². The van der Waals surface area contributed by atoms with Gasteiger partial charge in [-0.15, -0.1) is 0 Å². The molecule has 0 amide bonds. The largest absolute Gasteiger partial charge is 0.481 e. The fourth-order valence-electron chi connectivity index (χ4n) is 1.79. The monoisotopic (exact) mass is 275 g/mol. The van der Waals surface area contributed by atoms with E-state index in [0.717, 1.165) is 31.2 Å². The molecular formula is C14H21N5O. The molecule has 6 nitrogen and oxygen atoms in total. The van der Waals surface area contributed by atoms with Gasteiger partial charge in [-0.05, 0) is 6.42 Å². The van der Waals surface area contributed by atoms with Crippen LogP contribution in [0.25, 0.3) is 0 Å². The van der Waals surface area contributed by atoms with Crippen molar-refractivity contribution in [3.05, 3.63) is 30.6 Å². The Bertz CT molecular complexity index is 524. The van der Waals surface area contributed by atoms with E-state index in [9.17, 15) is 0 Å². The van der Waals surface area contributed by atoms with E-state index in [0.29, 0.717) is 5.88 Å². The standard InChI is InChI=1S/C14H21N5O/c1-11(2)14-17-12(9-13(18-14)20-3)16-5-4-7-19-8-6-15-10-19/h6,8-11H,4-5,7H2,1-3H3,(H,16,17,18). The summed E-state index contributed by atoms with van der Waals surface area (Å²) in [5.74, 6) is 2.48. The molecule has 0 unspecified atom stereocenters. The van der Waals surface area contributed by atoms with Gasteiger partial charge in [0.25, 0.3) is 0 Å². The van der Waals surface area contributed by atoms with Gasteiger partial charge >= 0.3 is 0 Å². The second kappa shape index (κ2) is 6.88. The van der Waals surface area contributed by atoms with Gasteiger partial charge in [0.2, 0.25) is 5.88 Å². The van der Waals surface area contributed by atoms with Crippen molar-refractivity contribution in [2.75, 3.05) is 19.0 Å². The molecule has 108 valence electrons. The zero-order chi connectivity index (χ0) is 14.4. The van der Waals surface area contributed by atoms with Crippen molar-refractivity contribution in [3.8, 4) is 5.88 Å². The third-order valence-electron chi connectivity index (χ3n) is 2.90. The average molecular weight is 275 g/mol. The summed E-state index contributed by atoms with van der Waals surface area (Å²) >= 11 is 0. The van der Waals surface area contributed by atoms with Crippen LogP contribution < -0.4 is 10.1 Å². The van der Waals surface area contributed by atoms with Crippen LogP contribution >= 0.6 is 0 Å². The lowest BCUT2D eigenvalue weighted by molar-refractivity contribution is 0.394. The van der Waals surface area contributed by atoms with Crippen molar-refractivity contribution in [3.63, 3.8) is 0 Å². The topological polar surface area (TPSA) is 64.9 Å². The summed E-state index contributed by atoms with van der Waals surface area (Å²) < 4.78 is 7.26. The second-order valence-electron chi connectivity index (χ2n) is 4.89. The molecule has 0 saturated carbocycles. The minimum atomic E-state index is 0.275. The van der Waals surface area contributed by atoms with Crippen LogP contribution in [0.5, 0.6) is 5.88 Å². The first-order valence-corrected chi connectivity index (χ1v) is 6.81. The molecular weight excluding hydrogens is 254 g/mol. The minimum absolute atomic E-state index is 0.275. The van der Waals surface area contributed by atoms with Crippen LogP contribution in [0.3, 0.4) is 0 Å². The molecule has 0 fully saturated rings. The molecule has 1 N–H and O–H groups in total. The summed E-state index contributed by atoms with van der Waals surface area (Å²) in [6.07, 6.45) is 6.58. The third kappa shape index (κ3) is 3.94. The number of nitrogens with one attached hydrogen (secondary N) is 1. The first-order chi connectivity index (χ1) is 9.69. The zero-order valence-corrected chi connectivity index (χ0v) is 12.2. The Balaban J connectivity index is 1.89. The maximum atomic E-state index is 5.21. The van der Waals surface area contributed by atoms with E-state index >= 15 is 0 Å². The Morgan fingerprint density at radius 1 is 1.35 bits per heavy atom.